The summed E-state index contributed by atoms with van der Waals surface area (Å²) in [5.74, 6) is 0.962. The molecule has 0 aliphatic heterocycles. The Morgan fingerprint density at radius 1 is 1.27 bits per heavy atom. The van der Waals surface area contributed by atoms with Gasteiger partial charge in [-0.15, -0.1) is 0 Å². The summed E-state index contributed by atoms with van der Waals surface area (Å²) in [6.07, 6.45) is 1.69. The third kappa shape index (κ3) is 1.86. The van der Waals surface area contributed by atoms with Crippen molar-refractivity contribution in [2.75, 3.05) is 5.73 Å². The van der Waals surface area contributed by atoms with E-state index in [9.17, 15) is 0 Å². The molecule has 0 radical (unpaired) electrons. The number of hydrogen-bond acceptors (Lipinski definition) is 3. The molecule has 3 heteroatoms. The number of benzene rings is 1. The van der Waals surface area contributed by atoms with E-state index in [0.717, 1.165) is 11.3 Å². The predicted octanol–water partition coefficient (Wildman–Crippen LogP) is 3.05. The molecule has 0 saturated heterocycles. The van der Waals surface area contributed by atoms with Crippen molar-refractivity contribution >= 4 is 5.69 Å². The molecular weight excluding hydrogens is 188 g/mol. The minimum atomic E-state index is 0.368. The molecule has 0 fully saturated rings. The van der Waals surface area contributed by atoms with E-state index < -0.39 is 0 Å². The van der Waals surface area contributed by atoms with Crippen LogP contribution in [0.2, 0.25) is 0 Å². The van der Waals surface area contributed by atoms with Gasteiger partial charge in [-0.25, -0.2) is 4.98 Å². The fourth-order valence-corrected chi connectivity index (χ4v) is 1.37. The predicted molar refractivity (Wildman–Crippen MR) is 60.4 cm³/mol. The Kier molecular flexibility index (Phi) is 2.46. The number of para-hydroxylation sites is 1. The van der Waals surface area contributed by atoms with Crippen LogP contribution in [0.15, 0.2) is 34.9 Å². The number of aromatic nitrogens is 1. The molecular formula is C12H14N2O. The largest absolute Gasteiger partial charge is 0.444 e. The summed E-state index contributed by atoms with van der Waals surface area (Å²) in [6, 6.07) is 7.57. The monoisotopic (exact) mass is 202 g/mol. The van der Waals surface area contributed by atoms with Crippen LogP contribution in [0.3, 0.4) is 0 Å². The van der Waals surface area contributed by atoms with E-state index in [1.807, 2.05) is 24.3 Å². The molecule has 2 N–H and O–H groups in total. The molecule has 2 aromatic rings. The Bertz CT molecular complexity index is 460. The third-order valence-electron chi connectivity index (χ3n) is 2.30. The van der Waals surface area contributed by atoms with Crippen LogP contribution in [0.4, 0.5) is 5.69 Å². The molecule has 1 aromatic carbocycles. The van der Waals surface area contributed by atoms with E-state index in [4.69, 9.17) is 10.2 Å². The lowest BCUT2D eigenvalue weighted by molar-refractivity contribution is 0.571. The smallest absolute Gasteiger partial charge is 0.228 e. The van der Waals surface area contributed by atoms with Gasteiger partial charge in [0.1, 0.15) is 6.26 Å². The molecule has 15 heavy (non-hydrogen) atoms. The van der Waals surface area contributed by atoms with Crippen molar-refractivity contribution in [3.05, 3.63) is 36.2 Å². The van der Waals surface area contributed by atoms with Gasteiger partial charge in [0.15, 0.2) is 0 Å². The molecule has 0 atom stereocenters. The quantitative estimate of drug-likeness (QED) is 0.761. The molecule has 78 valence electrons. The van der Waals surface area contributed by atoms with Crippen molar-refractivity contribution in [1.29, 1.82) is 0 Å². The summed E-state index contributed by atoms with van der Waals surface area (Å²) in [6.45, 7) is 4.16. The van der Waals surface area contributed by atoms with Crippen molar-refractivity contribution in [2.24, 2.45) is 0 Å². The van der Waals surface area contributed by atoms with Crippen LogP contribution in [-0.4, -0.2) is 4.98 Å². The summed E-state index contributed by atoms with van der Waals surface area (Å²) >= 11 is 0. The highest BCUT2D eigenvalue weighted by Gasteiger charge is 2.10. The average molecular weight is 202 g/mol. The van der Waals surface area contributed by atoms with Crippen LogP contribution in [-0.2, 0) is 0 Å². The van der Waals surface area contributed by atoms with Gasteiger partial charge in [-0.05, 0) is 18.1 Å². The van der Waals surface area contributed by atoms with Gasteiger partial charge in [0.25, 0.3) is 0 Å². The van der Waals surface area contributed by atoms with Gasteiger partial charge in [0.05, 0.1) is 11.3 Å². The van der Waals surface area contributed by atoms with Gasteiger partial charge >= 0.3 is 0 Å². The normalized spacial score (nSPS) is 10.9. The minimum Gasteiger partial charge on any atom is -0.444 e. The molecule has 0 aliphatic carbocycles. The minimum absolute atomic E-state index is 0.368. The van der Waals surface area contributed by atoms with Crippen LogP contribution < -0.4 is 5.73 Å². The van der Waals surface area contributed by atoms with E-state index in [1.54, 1.807) is 6.26 Å². The van der Waals surface area contributed by atoms with Crippen LogP contribution in [0, 0.1) is 0 Å². The Balaban J connectivity index is 2.42. The molecule has 1 heterocycles. The maximum atomic E-state index is 5.84. The standard InChI is InChI=1S/C12H14N2O/c1-8(2)11-7-15-12(14-11)9-5-3-4-6-10(9)13/h3-8H,13H2,1-2H3. The molecule has 0 saturated carbocycles. The van der Waals surface area contributed by atoms with E-state index in [0.29, 0.717) is 17.5 Å². The van der Waals surface area contributed by atoms with Crippen molar-refractivity contribution in [3.63, 3.8) is 0 Å². The number of anilines is 1. The maximum Gasteiger partial charge on any atom is 0.228 e. The summed E-state index contributed by atoms with van der Waals surface area (Å²) in [5, 5.41) is 0. The highest BCUT2D eigenvalue weighted by atomic mass is 16.3. The molecule has 0 spiro atoms. The lowest BCUT2D eigenvalue weighted by Gasteiger charge is -1.99. The average Bonchev–Trinajstić information content (AvgIpc) is 2.67. The fourth-order valence-electron chi connectivity index (χ4n) is 1.37. The van der Waals surface area contributed by atoms with Gasteiger partial charge in [0.2, 0.25) is 5.89 Å². The second-order valence-corrected chi connectivity index (χ2v) is 3.82. The zero-order chi connectivity index (χ0) is 10.8. The van der Waals surface area contributed by atoms with Gasteiger partial charge in [-0.2, -0.15) is 0 Å². The number of nitrogens with two attached hydrogens (primary N) is 1. The first-order chi connectivity index (χ1) is 7.18. The Hall–Kier alpha value is -1.77. The third-order valence-corrected chi connectivity index (χ3v) is 2.30. The Labute approximate surface area is 88.9 Å². The van der Waals surface area contributed by atoms with E-state index >= 15 is 0 Å². The Morgan fingerprint density at radius 3 is 2.60 bits per heavy atom. The lowest BCUT2D eigenvalue weighted by atomic mass is 10.1. The maximum absolute atomic E-state index is 5.84. The first kappa shape index (κ1) is 9.77. The summed E-state index contributed by atoms with van der Waals surface area (Å²) in [7, 11) is 0. The number of hydrogen-bond donors (Lipinski definition) is 1. The molecule has 0 aliphatic rings. The molecule has 1 aromatic heterocycles. The lowest BCUT2D eigenvalue weighted by Crippen LogP contribution is -1.90. The fraction of sp³-hybridized carbons (Fsp3) is 0.250. The number of rotatable bonds is 2. The summed E-state index contributed by atoms with van der Waals surface area (Å²) < 4.78 is 5.40. The molecule has 3 nitrogen and oxygen atoms in total. The van der Waals surface area contributed by atoms with Crippen LogP contribution >= 0.6 is 0 Å². The van der Waals surface area contributed by atoms with E-state index in [1.165, 1.54) is 0 Å². The second kappa shape index (κ2) is 3.77. The van der Waals surface area contributed by atoms with Crippen molar-refractivity contribution in [3.8, 4) is 11.5 Å². The van der Waals surface area contributed by atoms with Gasteiger partial charge in [-0.3, -0.25) is 0 Å². The number of nitrogen functional groups attached to an aromatic ring is 1. The highest BCUT2D eigenvalue weighted by Crippen LogP contribution is 2.26. The molecule has 0 unspecified atom stereocenters. The summed E-state index contributed by atoms with van der Waals surface area (Å²) in [4.78, 5) is 4.39. The molecule has 0 amide bonds. The topological polar surface area (TPSA) is 52.0 Å². The Morgan fingerprint density at radius 2 is 2.00 bits per heavy atom. The SMILES string of the molecule is CC(C)c1coc(-c2ccccc2N)n1. The van der Waals surface area contributed by atoms with Crippen LogP contribution in [0.5, 0.6) is 0 Å². The number of nitrogens with zero attached hydrogens (tertiary/aromatic N) is 1. The first-order valence-corrected chi connectivity index (χ1v) is 4.99. The number of oxazole rings is 1. The summed E-state index contributed by atoms with van der Waals surface area (Å²) in [5.41, 5.74) is 8.33. The van der Waals surface area contributed by atoms with Gasteiger partial charge in [-0.1, -0.05) is 26.0 Å². The molecule has 0 bridgehead atoms. The first-order valence-electron chi connectivity index (χ1n) is 4.99. The van der Waals surface area contributed by atoms with Crippen molar-refractivity contribution in [1.82, 2.24) is 4.98 Å². The van der Waals surface area contributed by atoms with E-state index in [-0.39, 0.29) is 0 Å². The van der Waals surface area contributed by atoms with Crippen molar-refractivity contribution < 1.29 is 4.42 Å². The van der Waals surface area contributed by atoms with E-state index in [2.05, 4.69) is 18.8 Å². The highest BCUT2D eigenvalue weighted by molar-refractivity contribution is 5.70. The second-order valence-electron chi connectivity index (χ2n) is 3.82. The molecule has 2 rings (SSSR count). The van der Waals surface area contributed by atoms with Gasteiger partial charge < -0.3 is 10.2 Å². The van der Waals surface area contributed by atoms with Crippen LogP contribution in [0.25, 0.3) is 11.5 Å². The zero-order valence-corrected chi connectivity index (χ0v) is 8.90. The van der Waals surface area contributed by atoms with Crippen LogP contribution in [0.1, 0.15) is 25.5 Å². The van der Waals surface area contributed by atoms with Crippen molar-refractivity contribution in [2.45, 2.75) is 19.8 Å². The zero-order valence-electron chi connectivity index (χ0n) is 8.90. The van der Waals surface area contributed by atoms with Gasteiger partial charge in [0, 0.05) is 5.69 Å².